The van der Waals surface area contributed by atoms with Gasteiger partial charge in [0.15, 0.2) is 11.5 Å². The average molecular weight is 625 g/mol. The Kier molecular flexibility index (Phi) is 8.26. The summed E-state index contributed by atoms with van der Waals surface area (Å²) >= 11 is 0. The van der Waals surface area contributed by atoms with Crippen molar-refractivity contribution in [2.45, 2.75) is 24.8 Å². The number of hydrogen-bond donors (Lipinski definition) is 4. The molecule has 4 aromatic rings. The molecule has 4 N–H and O–H groups in total. The van der Waals surface area contributed by atoms with E-state index >= 15 is 0 Å². The van der Waals surface area contributed by atoms with Gasteiger partial charge in [0.2, 0.25) is 0 Å². The van der Waals surface area contributed by atoms with E-state index < -0.39 is 18.8 Å². The summed E-state index contributed by atoms with van der Waals surface area (Å²) in [6.07, 6.45) is -3.10. The van der Waals surface area contributed by atoms with Gasteiger partial charge in [-0.15, -0.1) is 0 Å². The predicted octanol–water partition coefficient (Wildman–Crippen LogP) is 3.08. The van der Waals surface area contributed by atoms with Crippen LogP contribution in [0.25, 0.3) is 22.4 Å². The summed E-state index contributed by atoms with van der Waals surface area (Å²) in [7, 11) is 3.41. The standard InChI is InChI=1S/C29H31F3N10O3/c1-40(2)39-27(43)18-5-9-20(10-6-18)36-28(44)35-19-7-3-17(4-8-19)24-37-25-23(13-34-41(25)16-29(30,31)32)26(38-24)42-21-11-33-12-22(42)15-45-14-21/h3-10,13,21-22,33H,11-12,14-16H2,1-2H3,(H,39,43)(H2,35,36,44). The van der Waals surface area contributed by atoms with E-state index in [2.05, 4.69) is 36.4 Å². The fourth-order valence-electron chi connectivity index (χ4n) is 5.40. The van der Waals surface area contributed by atoms with Crippen LogP contribution in [0.3, 0.4) is 0 Å². The van der Waals surface area contributed by atoms with Crippen molar-refractivity contribution >= 4 is 40.2 Å². The van der Waals surface area contributed by atoms with Gasteiger partial charge >= 0.3 is 12.2 Å². The Morgan fingerprint density at radius 1 is 0.978 bits per heavy atom. The highest BCUT2D eigenvalue weighted by Crippen LogP contribution is 2.33. The summed E-state index contributed by atoms with van der Waals surface area (Å²) in [6.45, 7) is 0.922. The summed E-state index contributed by atoms with van der Waals surface area (Å²) < 4.78 is 46.8. The number of fused-ring (bicyclic) bond motifs is 3. The molecule has 0 radical (unpaired) electrons. The second-order valence-electron chi connectivity index (χ2n) is 11.0. The zero-order valence-corrected chi connectivity index (χ0v) is 24.4. The number of urea groups is 1. The summed E-state index contributed by atoms with van der Waals surface area (Å²) in [6, 6.07) is 12.5. The van der Waals surface area contributed by atoms with E-state index in [1.54, 1.807) is 62.6 Å². The summed E-state index contributed by atoms with van der Waals surface area (Å²) in [5.41, 5.74) is 4.66. The van der Waals surface area contributed by atoms with Gasteiger partial charge in [-0.05, 0) is 48.5 Å². The quantitative estimate of drug-likeness (QED) is 0.228. The summed E-state index contributed by atoms with van der Waals surface area (Å²) in [4.78, 5) is 36.2. The Hall–Kier alpha value is -4.80. The van der Waals surface area contributed by atoms with Crippen molar-refractivity contribution in [2.24, 2.45) is 0 Å². The number of nitrogens with zero attached hydrogens (tertiary/aromatic N) is 6. The Labute approximate surface area is 255 Å². The molecular formula is C29H31F3N10O3. The molecule has 4 heterocycles. The number of ether oxygens (including phenoxy) is 1. The zero-order chi connectivity index (χ0) is 31.7. The van der Waals surface area contributed by atoms with Crippen LogP contribution in [0.2, 0.25) is 0 Å². The number of carbonyl (C=O) groups excluding carboxylic acids is 2. The third-order valence-corrected chi connectivity index (χ3v) is 7.35. The first-order valence-corrected chi connectivity index (χ1v) is 14.2. The molecule has 2 bridgehead atoms. The minimum Gasteiger partial charge on any atom is -0.377 e. The lowest BCUT2D eigenvalue weighted by Crippen LogP contribution is -2.64. The molecule has 0 aliphatic carbocycles. The first-order chi connectivity index (χ1) is 21.5. The van der Waals surface area contributed by atoms with Crippen LogP contribution >= 0.6 is 0 Å². The minimum atomic E-state index is -4.49. The van der Waals surface area contributed by atoms with Crippen LogP contribution in [0.15, 0.2) is 54.7 Å². The lowest BCUT2D eigenvalue weighted by Gasteiger charge is -2.46. The number of piperazine rings is 1. The number of halogens is 3. The molecule has 13 nitrogen and oxygen atoms in total. The van der Waals surface area contributed by atoms with Gasteiger partial charge in [-0.3, -0.25) is 10.2 Å². The molecule has 2 saturated heterocycles. The van der Waals surface area contributed by atoms with Gasteiger partial charge in [-0.25, -0.2) is 24.5 Å². The molecule has 6 rings (SSSR count). The maximum atomic E-state index is 13.4. The first kappa shape index (κ1) is 30.2. The van der Waals surface area contributed by atoms with Crippen LogP contribution < -0.4 is 26.3 Å². The number of anilines is 3. The second-order valence-corrected chi connectivity index (χ2v) is 11.0. The number of carbonyl (C=O) groups is 2. The van der Waals surface area contributed by atoms with Crippen molar-refractivity contribution in [3.8, 4) is 11.4 Å². The molecule has 236 valence electrons. The van der Waals surface area contributed by atoms with Crippen LogP contribution in [0.4, 0.5) is 35.2 Å². The zero-order valence-electron chi connectivity index (χ0n) is 24.4. The van der Waals surface area contributed by atoms with E-state index in [4.69, 9.17) is 9.72 Å². The van der Waals surface area contributed by atoms with Gasteiger partial charge in [0.1, 0.15) is 12.4 Å². The third-order valence-electron chi connectivity index (χ3n) is 7.35. The largest absolute Gasteiger partial charge is 0.408 e. The van der Waals surface area contributed by atoms with Crippen molar-refractivity contribution in [2.75, 3.05) is 55.9 Å². The second kappa shape index (κ2) is 12.3. The topological polar surface area (TPSA) is 142 Å². The van der Waals surface area contributed by atoms with Crippen molar-refractivity contribution in [3.63, 3.8) is 0 Å². The number of morpholine rings is 1. The lowest BCUT2D eigenvalue weighted by atomic mass is 10.1. The molecule has 2 aliphatic rings. The van der Waals surface area contributed by atoms with Crippen molar-refractivity contribution in [1.82, 2.24) is 35.5 Å². The number of hydrazine groups is 1. The normalized spacial score (nSPS) is 18.2. The maximum absolute atomic E-state index is 13.4. The number of amides is 3. The van der Waals surface area contributed by atoms with Crippen molar-refractivity contribution in [1.29, 1.82) is 0 Å². The summed E-state index contributed by atoms with van der Waals surface area (Å²) in [5, 5.41) is 14.8. The Morgan fingerprint density at radius 2 is 1.60 bits per heavy atom. The van der Waals surface area contributed by atoms with Gasteiger partial charge in [-0.2, -0.15) is 18.3 Å². The highest BCUT2D eigenvalue weighted by Gasteiger charge is 2.38. The molecule has 2 atom stereocenters. The number of alkyl halides is 3. The van der Waals surface area contributed by atoms with E-state index in [1.807, 2.05) is 0 Å². The third kappa shape index (κ3) is 6.82. The molecule has 2 aliphatic heterocycles. The predicted molar refractivity (Wildman–Crippen MR) is 161 cm³/mol. The van der Waals surface area contributed by atoms with Crippen LogP contribution in [-0.4, -0.2) is 95.4 Å². The van der Waals surface area contributed by atoms with E-state index in [-0.39, 0.29) is 29.5 Å². The number of aromatic nitrogens is 4. The fourth-order valence-corrected chi connectivity index (χ4v) is 5.40. The van der Waals surface area contributed by atoms with E-state index in [9.17, 15) is 22.8 Å². The van der Waals surface area contributed by atoms with Gasteiger partial charge in [0, 0.05) is 49.7 Å². The van der Waals surface area contributed by atoms with Gasteiger partial charge in [0.05, 0.1) is 36.9 Å². The highest BCUT2D eigenvalue weighted by molar-refractivity contribution is 6.00. The Morgan fingerprint density at radius 3 is 2.20 bits per heavy atom. The molecular weight excluding hydrogens is 593 g/mol. The van der Waals surface area contributed by atoms with E-state index in [0.29, 0.717) is 60.0 Å². The molecule has 16 heteroatoms. The van der Waals surface area contributed by atoms with Crippen LogP contribution in [0, 0.1) is 0 Å². The number of benzene rings is 2. The summed E-state index contributed by atoms with van der Waals surface area (Å²) in [5.74, 6) is 0.462. The molecule has 0 spiro atoms. The van der Waals surface area contributed by atoms with Crippen LogP contribution in [0.1, 0.15) is 10.4 Å². The highest BCUT2D eigenvalue weighted by atomic mass is 19.4. The monoisotopic (exact) mass is 624 g/mol. The minimum absolute atomic E-state index is 0.0501. The van der Waals surface area contributed by atoms with E-state index in [1.165, 1.54) is 11.2 Å². The van der Waals surface area contributed by atoms with E-state index in [0.717, 1.165) is 4.68 Å². The molecule has 3 amide bonds. The number of nitrogens with one attached hydrogen (secondary N) is 4. The first-order valence-electron chi connectivity index (χ1n) is 14.2. The van der Waals surface area contributed by atoms with Crippen LogP contribution in [0.5, 0.6) is 0 Å². The Balaban J connectivity index is 1.23. The Bertz CT molecular complexity index is 1670. The molecule has 45 heavy (non-hydrogen) atoms. The SMILES string of the molecule is CN(C)NC(=O)c1ccc(NC(=O)Nc2ccc(-c3nc(N4C5CNCC4COC5)c4cnn(CC(F)(F)F)c4n3)cc2)cc1. The average Bonchev–Trinajstić information content (AvgIpc) is 3.37. The molecule has 2 fully saturated rings. The molecule has 2 aromatic heterocycles. The molecule has 2 unspecified atom stereocenters. The maximum Gasteiger partial charge on any atom is 0.408 e. The number of hydrogen-bond acceptors (Lipinski definition) is 9. The van der Waals surface area contributed by atoms with Gasteiger partial charge < -0.3 is 25.6 Å². The van der Waals surface area contributed by atoms with Crippen molar-refractivity contribution < 1.29 is 27.5 Å². The smallest absolute Gasteiger partial charge is 0.377 e. The fraction of sp³-hybridized carbons (Fsp3) is 0.345. The molecule has 2 aromatic carbocycles. The van der Waals surface area contributed by atoms with Gasteiger partial charge in [-0.1, -0.05) is 0 Å². The lowest BCUT2D eigenvalue weighted by molar-refractivity contribution is -0.141. The molecule has 0 saturated carbocycles. The van der Waals surface area contributed by atoms with Gasteiger partial charge in [0.25, 0.3) is 5.91 Å². The number of rotatable bonds is 7. The van der Waals surface area contributed by atoms with Crippen LogP contribution in [-0.2, 0) is 11.3 Å². The van der Waals surface area contributed by atoms with Crippen molar-refractivity contribution in [3.05, 3.63) is 60.3 Å².